The molecule has 0 amide bonds. The lowest BCUT2D eigenvalue weighted by molar-refractivity contribution is -0.137. The van der Waals surface area contributed by atoms with Gasteiger partial charge >= 0.3 is 6.18 Å². The monoisotopic (exact) mass is 321 g/mol. The summed E-state index contributed by atoms with van der Waals surface area (Å²) >= 11 is 0. The molecule has 0 fully saturated rings. The Kier molecular flexibility index (Phi) is 6.22. The minimum absolute atomic E-state index is 0.617. The Morgan fingerprint density at radius 1 is 0.826 bits per heavy atom. The van der Waals surface area contributed by atoms with Crippen LogP contribution in [0.25, 0.3) is 11.1 Å². The summed E-state index contributed by atoms with van der Waals surface area (Å²) in [7, 11) is 0. The number of nitrogens with one attached hydrogen (secondary N) is 1. The molecule has 0 atom stereocenters. The van der Waals surface area contributed by atoms with Crippen LogP contribution in [0, 0.1) is 0 Å². The fourth-order valence-corrected chi connectivity index (χ4v) is 2.40. The molecule has 1 nitrogen and oxygen atoms in total. The van der Waals surface area contributed by atoms with Crippen molar-refractivity contribution in [1.29, 1.82) is 0 Å². The Hall–Kier alpha value is -1.81. The van der Waals surface area contributed by atoms with Crippen molar-refractivity contribution in [3.05, 3.63) is 59.7 Å². The van der Waals surface area contributed by atoms with Crippen LogP contribution in [0.5, 0.6) is 0 Å². The molecular weight excluding hydrogens is 299 g/mol. The van der Waals surface area contributed by atoms with E-state index in [4.69, 9.17) is 0 Å². The van der Waals surface area contributed by atoms with Crippen molar-refractivity contribution in [2.45, 2.75) is 38.9 Å². The van der Waals surface area contributed by atoms with E-state index in [0.717, 1.165) is 36.3 Å². The first-order valence-corrected chi connectivity index (χ1v) is 7.98. The summed E-state index contributed by atoms with van der Waals surface area (Å²) in [5.41, 5.74) is 2.28. The molecule has 0 saturated heterocycles. The summed E-state index contributed by atoms with van der Waals surface area (Å²) in [6.45, 7) is 4.01. The summed E-state index contributed by atoms with van der Waals surface area (Å²) in [5, 5.41) is 3.39. The summed E-state index contributed by atoms with van der Waals surface area (Å²) in [5.74, 6) is 0. The van der Waals surface area contributed by atoms with Gasteiger partial charge in [-0.25, -0.2) is 0 Å². The summed E-state index contributed by atoms with van der Waals surface area (Å²) < 4.78 is 37.7. The van der Waals surface area contributed by atoms with Crippen LogP contribution in [0.3, 0.4) is 0 Å². The molecule has 0 aliphatic heterocycles. The average molecular weight is 321 g/mol. The molecule has 0 heterocycles. The number of hydrogen-bond donors (Lipinski definition) is 1. The zero-order chi connectivity index (χ0) is 16.7. The second-order valence-corrected chi connectivity index (χ2v) is 5.66. The van der Waals surface area contributed by atoms with E-state index in [0.29, 0.717) is 0 Å². The minimum Gasteiger partial charge on any atom is -0.313 e. The van der Waals surface area contributed by atoms with E-state index < -0.39 is 11.7 Å². The summed E-state index contributed by atoms with van der Waals surface area (Å²) in [6.07, 6.45) is -0.657. The lowest BCUT2D eigenvalue weighted by Crippen LogP contribution is -2.14. The molecular formula is C19H22F3N. The van der Waals surface area contributed by atoms with Crippen molar-refractivity contribution < 1.29 is 13.2 Å². The molecule has 4 heteroatoms. The van der Waals surface area contributed by atoms with E-state index >= 15 is 0 Å². The second-order valence-electron chi connectivity index (χ2n) is 5.66. The minimum atomic E-state index is -4.29. The van der Waals surface area contributed by atoms with E-state index in [-0.39, 0.29) is 0 Å². The Labute approximate surface area is 135 Å². The van der Waals surface area contributed by atoms with Crippen molar-refractivity contribution in [1.82, 2.24) is 5.32 Å². The van der Waals surface area contributed by atoms with Gasteiger partial charge in [0.15, 0.2) is 0 Å². The molecule has 2 aromatic carbocycles. The normalized spacial score (nSPS) is 11.7. The lowest BCUT2D eigenvalue weighted by atomic mass is 10.0. The van der Waals surface area contributed by atoms with E-state index in [1.54, 1.807) is 0 Å². The van der Waals surface area contributed by atoms with Crippen molar-refractivity contribution >= 4 is 0 Å². The standard InChI is InChI=1S/C19H22F3N/c1-2-3-4-13-23-14-15-5-7-16(8-6-15)17-9-11-18(12-10-17)19(20,21)22/h5-12,23H,2-4,13-14H2,1H3. The number of hydrogen-bond acceptors (Lipinski definition) is 1. The third kappa shape index (κ3) is 5.39. The third-order valence-electron chi connectivity index (χ3n) is 3.79. The van der Waals surface area contributed by atoms with Gasteiger partial charge in [-0.2, -0.15) is 13.2 Å². The number of halogens is 3. The average Bonchev–Trinajstić information content (AvgIpc) is 2.55. The van der Waals surface area contributed by atoms with Crippen LogP contribution in [0.15, 0.2) is 48.5 Å². The quantitative estimate of drug-likeness (QED) is 0.650. The SMILES string of the molecule is CCCCCNCc1ccc(-c2ccc(C(F)(F)F)cc2)cc1. The first-order chi connectivity index (χ1) is 11.0. The smallest absolute Gasteiger partial charge is 0.313 e. The predicted molar refractivity (Wildman–Crippen MR) is 88.1 cm³/mol. The highest BCUT2D eigenvalue weighted by atomic mass is 19.4. The maximum atomic E-state index is 12.6. The molecule has 124 valence electrons. The molecule has 2 rings (SSSR count). The van der Waals surface area contributed by atoms with Gasteiger partial charge in [0.1, 0.15) is 0 Å². The van der Waals surface area contributed by atoms with Crippen LogP contribution in [0.2, 0.25) is 0 Å². The van der Waals surface area contributed by atoms with Crippen LogP contribution in [-0.2, 0) is 12.7 Å². The van der Waals surface area contributed by atoms with Crippen molar-refractivity contribution in [3.8, 4) is 11.1 Å². The first kappa shape index (κ1) is 17.5. The van der Waals surface area contributed by atoms with Crippen molar-refractivity contribution in [2.24, 2.45) is 0 Å². The Balaban J connectivity index is 1.94. The second kappa shape index (κ2) is 8.16. The molecule has 2 aromatic rings. The zero-order valence-corrected chi connectivity index (χ0v) is 13.3. The predicted octanol–water partition coefficient (Wildman–Crippen LogP) is 5.65. The third-order valence-corrected chi connectivity index (χ3v) is 3.79. The van der Waals surface area contributed by atoms with E-state index in [2.05, 4.69) is 12.2 Å². The van der Waals surface area contributed by atoms with E-state index in [1.807, 2.05) is 24.3 Å². The van der Waals surface area contributed by atoms with Gasteiger partial charge in [-0.3, -0.25) is 0 Å². The van der Waals surface area contributed by atoms with Gasteiger partial charge in [-0.15, -0.1) is 0 Å². The van der Waals surface area contributed by atoms with Gasteiger partial charge in [0, 0.05) is 6.54 Å². The highest BCUT2D eigenvalue weighted by Gasteiger charge is 2.29. The number of rotatable bonds is 7. The Morgan fingerprint density at radius 3 is 1.91 bits per heavy atom. The van der Waals surface area contributed by atoms with Crippen LogP contribution in [-0.4, -0.2) is 6.54 Å². The molecule has 0 unspecified atom stereocenters. The summed E-state index contributed by atoms with van der Waals surface area (Å²) in [4.78, 5) is 0. The molecule has 0 aliphatic carbocycles. The van der Waals surface area contributed by atoms with Gasteiger partial charge in [0.2, 0.25) is 0 Å². The lowest BCUT2D eigenvalue weighted by Gasteiger charge is -2.09. The number of benzene rings is 2. The highest BCUT2D eigenvalue weighted by molar-refractivity contribution is 5.64. The fourth-order valence-electron chi connectivity index (χ4n) is 2.40. The molecule has 0 aliphatic rings. The van der Waals surface area contributed by atoms with Gasteiger partial charge in [-0.05, 0) is 41.8 Å². The van der Waals surface area contributed by atoms with Crippen molar-refractivity contribution in [3.63, 3.8) is 0 Å². The largest absolute Gasteiger partial charge is 0.416 e. The molecule has 0 aromatic heterocycles. The van der Waals surface area contributed by atoms with Crippen molar-refractivity contribution in [2.75, 3.05) is 6.54 Å². The van der Waals surface area contributed by atoms with E-state index in [9.17, 15) is 13.2 Å². The summed E-state index contributed by atoms with van der Waals surface area (Å²) in [6, 6.07) is 13.2. The van der Waals surface area contributed by atoms with Crippen LogP contribution >= 0.6 is 0 Å². The maximum Gasteiger partial charge on any atom is 0.416 e. The molecule has 0 radical (unpaired) electrons. The molecule has 23 heavy (non-hydrogen) atoms. The molecule has 0 saturated carbocycles. The van der Waals surface area contributed by atoms with Crippen LogP contribution in [0.4, 0.5) is 13.2 Å². The van der Waals surface area contributed by atoms with Crippen LogP contribution < -0.4 is 5.32 Å². The molecule has 0 bridgehead atoms. The topological polar surface area (TPSA) is 12.0 Å². The first-order valence-electron chi connectivity index (χ1n) is 7.98. The van der Waals surface area contributed by atoms with Gasteiger partial charge in [0.05, 0.1) is 5.56 Å². The van der Waals surface area contributed by atoms with Gasteiger partial charge in [0.25, 0.3) is 0 Å². The number of alkyl halides is 3. The maximum absolute atomic E-state index is 12.6. The highest BCUT2D eigenvalue weighted by Crippen LogP contribution is 2.31. The van der Waals surface area contributed by atoms with Gasteiger partial charge in [-0.1, -0.05) is 56.2 Å². The van der Waals surface area contributed by atoms with E-state index in [1.165, 1.54) is 37.0 Å². The van der Waals surface area contributed by atoms with Gasteiger partial charge < -0.3 is 5.32 Å². The number of unbranched alkanes of at least 4 members (excludes halogenated alkanes) is 2. The van der Waals surface area contributed by atoms with Crippen LogP contribution in [0.1, 0.15) is 37.3 Å². The zero-order valence-electron chi connectivity index (χ0n) is 13.3. The molecule has 1 N–H and O–H groups in total. The Bertz CT molecular complexity index is 586. The Morgan fingerprint density at radius 2 is 1.39 bits per heavy atom. The molecule has 0 spiro atoms. The fraction of sp³-hybridized carbons (Fsp3) is 0.368.